The molecule has 0 aliphatic rings. The van der Waals surface area contributed by atoms with Crippen molar-refractivity contribution in [1.82, 2.24) is 10.0 Å². The number of carbonyl (C=O) groups excluding carboxylic acids is 2. The van der Waals surface area contributed by atoms with E-state index in [9.17, 15) is 18.0 Å². The van der Waals surface area contributed by atoms with E-state index in [0.717, 1.165) is 5.41 Å². The lowest BCUT2D eigenvalue weighted by Crippen LogP contribution is -2.41. The fraction of sp³-hybridized carbons (Fsp3) is 0.333. The maximum Gasteiger partial charge on any atom is 0.329 e. The summed E-state index contributed by atoms with van der Waals surface area (Å²) < 4.78 is 35.4. The van der Waals surface area contributed by atoms with Gasteiger partial charge >= 0.3 is 12.0 Å². The molecular weight excluding hydrogens is 336 g/mol. The molecule has 9 heteroatoms. The van der Waals surface area contributed by atoms with Crippen molar-refractivity contribution in [2.45, 2.75) is 13.8 Å². The molecule has 2 N–H and O–H groups in total. The molecular formula is C15H20N2O6S. The van der Waals surface area contributed by atoms with Gasteiger partial charge in [0.15, 0.2) is 0 Å². The molecule has 1 aromatic carbocycles. The van der Waals surface area contributed by atoms with Crippen molar-refractivity contribution < 1.29 is 27.5 Å². The highest BCUT2D eigenvalue weighted by Gasteiger charge is 2.14. The number of amides is 2. The topological polar surface area (TPSA) is 111 Å². The molecule has 132 valence electrons. The maximum atomic E-state index is 12.0. The zero-order valence-corrected chi connectivity index (χ0v) is 14.5. The van der Waals surface area contributed by atoms with E-state index in [2.05, 4.69) is 10.1 Å². The monoisotopic (exact) mass is 356 g/mol. The third-order valence-electron chi connectivity index (χ3n) is 2.79. The van der Waals surface area contributed by atoms with Crippen LogP contribution in [-0.2, 0) is 19.6 Å². The number of ether oxygens (including phenoxy) is 2. The molecule has 0 heterocycles. The number of methoxy groups -OCH3 is 1. The zero-order valence-electron chi connectivity index (χ0n) is 13.7. The first-order valence-electron chi connectivity index (χ1n) is 7.06. The second kappa shape index (κ2) is 8.92. The van der Waals surface area contributed by atoms with Crippen LogP contribution in [0.4, 0.5) is 4.79 Å². The van der Waals surface area contributed by atoms with Crippen molar-refractivity contribution in [3.63, 3.8) is 0 Å². The van der Waals surface area contributed by atoms with E-state index in [4.69, 9.17) is 4.74 Å². The summed E-state index contributed by atoms with van der Waals surface area (Å²) in [4.78, 5) is 22.6. The summed E-state index contributed by atoms with van der Waals surface area (Å²) in [5, 5.41) is 3.02. The van der Waals surface area contributed by atoms with Gasteiger partial charge in [-0.15, -0.1) is 0 Å². The minimum absolute atomic E-state index is 0.170. The minimum atomic E-state index is -4.02. The van der Waals surface area contributed by atoms with Crippen molar-refractivity contribution in [3.05, 3.63) is 35.2 Å². The largest absolute Gasteiger partial charge is 0.497 e. The first kappa shape index (κ1) is 19.5. The van der Waals surface area contributed by atoms with Crippen molar-refractivity contribution >= 4 is 27.6 Å². The van der Waals surface area contributed by atoms with Gasteiger partial charge in [0, 0.05) is 0 Å². The predicted octanol–water partition coefficient (Wildman–Crippen LogP) is 1.25. The lowest BCUT2D eigenvalue weighted by molar-refractivity contribution is -0.141. The van der Waals surface area contributed by atoms with Crippen molar-refractivity contribution in [2.75, 3.05) is 20.3 Å². The molecule has 0 spiro atoms. The van der Waals surface area contributed by atoms with Crippen LogP contribution in [0.25, 0.3) is 5.57 Å². The van der Waals surface area contributed by atoms with Gasteiger partial charge in [-0.25, -0.2) is 17.9 Å². The van der Waals surface area contributed by atoms with E-state index in [1.165, 1.54) is 7.11 Å². The average Bonchev–Trinajstić information content (AvgIpc) is 2.52. The van der Waals surface area contributed by atoms with Crippen molar-refractivity contribution in [3.8, 4) is 5.75 Å². The highest BCUT2D eigenvalue weighted by atomic mass is 32.2. The molecule has 24 heavy (non-hydrogen) atoms. The predicted molar refractivity (Wildman–Crippen MR) is 88.7 cm³/mol. The van der Waals surface area contributed by atoms with Gasteiger partial charge in [0.05, 0.1) is 19.1 Å². The average molecular weight is 356 g/mol. The van der Waals surface area contributed by atoms with Crippen LogP contribution in [-0.4, -0.2) is 40.7 Å². The highest BCUT2D eigenvalue weighted by molar-refractivity contribution is 7.93. The van der Waals surface area contributed by atoms with Gasteiger partial charge in [0.1, 0.15) is 12.3 Å². The van der Waals surface area contributed by atoms with Crippen molar-refractivity contribution in [1.29, 1.82) is 0 Å². The van der Waals surface area contributed by atoms with Crippen LogP contribution in [0.15, 0.2) is 29.7 Å². The summed E-state index contributed by atoms with van der Waals surface area (Å²) in [6.07, 6.45) is 0. The molecule has 0 aromatic heterocycles. The Bertz CT molecular complexity index is 727. The Morgan fingerprint density at radius 3 is 2.62 bits per heavy atom. The van der Waals surface area contributed by atoms with Gasteiger partial charge in [-0.3, -0.25) is 4.79 Å². The summed E-state index contributed by atoms with van der Waals surface area (Å²) in [5.74, 6) is -0.0778. The molecule has 0 bridgehead atoms. The molecule has 1 rings (SSSR count). The lowest BCUT2D eigenvalue weighted by Gasteiger charge is -2.08. The number of urea groups is 1. The standard InChI is InChI=1S/C15H20N2O6S/c1-4-23-14(18)9-16-15(19)17-24(20,21)10-11(2)12-6-5-7-13(8-12)22-3/h5-8,10H,4,9H2,1-3H3,(H2,16,17,19)/b11-10+. The number of esters is 1. The minimum Gasteiger partial charge on any atom is -0.497 e. The lowest BCUT2D eigenvalue weighted by atomic mass is 10.1. The quantitative estimate of drug-likeness (QED) is 0.711. The summed E-state index contributed by atoms with van der Waals surface area (Å²) in [7, 11) is -2.52. The fourth-order valence-corrected chi connectivity index (χ4v) is 2.72. The SMILES string of the molecule is CCOC(=O)CNC(=O)NS(=O)(=O)/C=C(\C)c1cccc(OC)c1. The Balaban J connectivity index is 2.73. The Morgan fingerprint density at radius 1 is 1.29 bits per heavy atom. The van der Waals surface area contributed by atoms with E-state index in [-0.39, 0.29) is 6.61 Å². The van der Waals surface area contributed by atoms with E-state index < -0.39 is 28.6 Å². The molecule has 0 fully saturated rings. The Kier molecular flexibility index (Phi) is 7.25. The number of allylic oxidation sites excluding steroid dienone is 1. The number of carbonyl (C=O) groups is 2. The van der Waals surface area contributed by atoms with Gasteiger partial charge < -0.3 is 14.8 Å². The number of hydrogen-bond acceptors (Lipinski definition) is 6. The second-order valence-corrected chi connectivity index (χ2v) is 6.20. The number of hydrogen-bond donors (Lipinski definition) is 2. The van der Waals surface area contributed by atoms with Gasteiger partial charge in [0.2, 0.25) is 0 Å². The first-order chi connectivity index (χ1) is 11.3. The molecule has 0 saturated carbocycles. The normalized spacial score (nSPS) is 11.5. The number of sulfonamides is 1. The van der Waals surface area contributed by atoms with Crippen LogP contribution in [0.2, 0.25) is 0 Å². The first-order valence-corrected chi connectivity index (χ1v) is 8.61. The molecule has 0 unspecified atom stereocenters. The van der Waals surface area contributed by atoms with Gasteiger partial charge in [0.25, 0.3) is 10.0 Å². The number of nitrogens with one attached hydrogen (secondary N) is 2. The third-order valence-corrected chi connectivity index (χ3v) is 3.92. The Hall–Kier alpha value is -2.55. The van der Waals surface area contributed by atoms with E-state index in [1.807, 2.05) is 0 Å². The molecule has 8 nitrogen and oxygen atoms in total. The third kappa shape index (κ3) is 6.69. The van der Waals surface area contributed by atoms with E-state index in [0.29, 0.717) is 16.9 Å². The molecule has 2 amide bonds. The molecule has 0 aliphatic carbocycles. The van der Waals surface area contributed by atoms with Crippen molar-refractivity contribution in [2.24, 2.45) is 0 Å². The van der Waals surface area contributed by atoms with Crippen LogP contribution in [0.5, 0.6) is 5.75 Å². The highest BCUT2D eigenvalue weighted by Crippen LogP contribution is 2.20. The van der Waals surface area contributed by atoms with Crippen LogP contribution in [0.1, 0.15) is 19.4 Å². The van der Waals surface area contributed by atoms with E-state index in [1.54, 1.807) is 42.8 Å². The molecule has 0 atom stereocenters. The van der Waals surface area contributed by atoms with Crippen LogP contribution >= 0.6 is 0 Å². The smallest absolute Gasteiger partial charge is 0.329 e. The summed E-state index contributed by atoms with van der Waals surface area (Å²) >= 11 is 0. The maximum absolute atomic E-state index is 12.0. The number of benzene rings is 1. The molecule has 0 saturated heterocycles. The van der Waals surface area contributed by atoms with Crippen LogP contribution in [0.3, 0.4) is 0 Å². The Labute approximate surface area is 140 Å². The molecule has 0 aliphatic heterocycles. The summed E-state index contributed by atoms with van der Waals surface area (Å²) in [6.45, 7) is 2.95. The number of rotatable bonds is 7. The van der Waals surface area contributed by atoms with E-state index >= 15 is 0 Å². The Morgan fingerprint density at radius 2 is 2.00 bits per heavy atom. The summed E-state index contributed by atoms with van der Waals surface area (Å²) in [5.41, 5.74) is 1.05. The molecule has 0 radical (unpaired) electrons. The van der Waals surface area contributed by atoms with Gasteiger partial charge in [-0.2, -0.15) is 0 Å². The van der Waals surface area contributed by atoms with Crippen LogP contribution < -0.4 is 14.8 Å². The fourth-order valence-electron chi connectivity index (χ4n) is 1.73. The summed E-state index contributed by atoms with van der Waals surface area (Å²) in [6, 6.07) is 5.81. The zero-order chi connectivity index (χ0) is 18.2. The second-order valence-electron chi connectivity index (χ2n) is 4.67. The van der Waals surface area contributed by atoms with Crippen LogP contribution in [0, 0.1) is 0 Å². The van der Waals surface area contributed by atoms with Gasteiger partial charge in [-0.1, -0.05) is 12.1 Å². The van der Waals surface area contributed by atoms with Gasteiger partial charge in [-0.05, 0) is 37.1 Å². The molecule has 1 aromatic rings.